The summed E-state index contributed by atoms with van der Waals surface area (Å²) in [5.74, 6) is 0.292. The number of ether oxygens (including phenoxy) is 2. The number of benzene rings is 1. The highest BCUT2D eigenvalue weighted by Crippen LogP contribution is 2.35. The van der Waals surface area contributed by atoms with E-state index in [2.05, 4.69) is 0 Å². The molecule has 0 unspecified atom stereocenters. The van der Waals surface area contributed by atoms with Crippen LogP contribution in [0.1, 0.15) is 36.5 Å². The van der Waals surface area contributed by atoms with Crippen molar-refractivity contribution in [1.29, 1.82) is 0 Å². The highest BCUT2D eigenvalue weighted by molar-refractivity contribution is 5.99. The van der Waals surface area contributed by atoms with Crippen molar-refractivity contribution in [2.45, 2.75) is 26.2 Å². The van der Waals surface area contributed by atoms with E-state index in [1.165, 1.54) is 19.2 Å². The maximum absolute atomic E-state index is 12.5. The molecule has 2 rings (SSSR count). The van der Waals surface area contributed by atoms with Crippen molar-refractivity contribution in [1.82, 2.24) is 4.90 Å². The van der Waals surface area contributed by atoms with Gasteiger partial charge in [-0.1, -0.05) is 6.92 Å². The molecule has 1 amide bonds. The SMILES string of the molecule is CCCOc1cc([N+](=O)[O-])c(C(=O)N2CCCC2)cc1OC. The molecule has 1 heterocycles. The summed E-state index contributed by atoms with van der Waals surface area (Å²) >= 11 is 0. The van der Waals surface area contributed by atoms with E-state index in [4.69, 9.17) is 9.47 Å². The lowest BCUT2D eigenvalue weighted by Crippen LogP contribution is -2.28. The van der Waals surface area contributed by atoms with Gasteiger partial charge in [-0.2, -0.15) is 0 Å². The fourth-order valence-corrected chi connectivity index (χ4v) is 2.45. The minimum atomic E-state index is -0.554. The second kappa shape index (κ2) is 7.11. The maximum atomic E-state index is 12.5. The van der Waals surface area contributed by atoms with Crippen LogP contribution in [0, 0.1) is 10.1 Å². The summed E-state index contributed by atoms with van der Waals surface area (Å²) in [6, 6.07) is 2.68. The number of carbonyl (C=O) groups excluding carboxylic acids is 1. The van der Waals surface area contributed by atoms with Gasteiger partial charge in [0.05, 0.1) is 24.7 Å². The van der Waals surface area contributed by atoms with Gasteiger partial charge in [0.2, 0.25) is 0 Å². The van der Waals surface area contributed by atoms with Crippen molar-refractivity contribution in [3.63, 3.8) is 0 Å². The number of hydrogen-bond acceptors (Lipinski definition) is 5. The van der Waals surface area contributed by atoms with Crippen LogP contribution < -0.4 is 9.47 Å². The molecular formula is C15H20N2O5. The molecule has 0 aromatic heterocycles. The molecule has 0 spiro atoms. The first-order valence-corrected chi connectivity index (χ1v) is 7.37. The Morgan fingerprint density at radius 3 is 2.55 bits per heavy atom. The lowest BCUT2D eigenvalue weighted by atomic mass is 10.1. The molecule has 0 saturated carbocycles. The first kappa shape index (κ1) is 16.1. The Kier molecular flexibility index (Phi) is 5.19. The Hall–Kier alpha value is -2.31. The lowest BCUT2D eigenvalue weighted by molar-refractivity contribution is -0.385. The highest BCUT2D eigenvalue weighted by atomic mass is 16.6. The highest BCUT2D eigenvalue weighted by Gasteiger charge is 2.29. The summed E-state index contributed by atoms with van der Waals surface area (Å²) in [6.07, 6.45) is 2.62. The molecule has 0 N–H and O–H groups in total. The zero-order valence-corrected chi connectivity index (χ0v) is 12.8. The normalized spacial score (nSPS) is 14.0. The second-order valence-electron chi connectivity index (χ2n) is 5.13. The van der Waals surface area contributed by atoms with Gasteiger partial charge in [0.25, 0.3) is 11.6 Å². The zero-order chi connectivity index (χ0) is 16.1. The number of amides is 1. The van der Waals surface area contributed by atoms with Gasteiger partial charge in [0.15, 0.2) is 11.5 Å². The van der Waals surface area contributed by atoms with Gasteiger partial charge in [-0.25, -0.2) is 0 Å². The van der Waals surface area contributed by atoms with Crippen molar-refractivity contribution in [2.24, 2.45) is 0 Å². The first-order chi connectivity index (χ1) is 10.6. The predicted molar refractivity (Wildman–Crippen MR) is 80.6 cm³/mol. The van der Waals surface area contributed by atoms with E-state index in [9.17, 15) is 14.9 Å². The average molecular weight is 308 g/mol. The summed E-state index contributed by atoms with van der Waals surface area (Å²) in [5, 5.41) is 11.3. The number of hydrogen-bond donors (Lipinski definition) is 0. The summed E-state index contributed by atoms with van der Waals surface area (Å²) in [4.78, 5) is 24.9. The summed E-state index contributed by atoms with van der Waals surface area (Å²) in [5.41, 5.74) is -0.198. The van der Waals surface area contributed by atoms with Crippen molar-refractivity contribution < 1.29 is 19.2 Å². The molecule has 7 nitrogen and oxygen atoms in total. The molecular weight excluding hydrogens is 288 g/mol. The standard InChI is InChI=1S/C15H20N2O5/c1-3-8-22-14-10-12(17(19)20)11(9-13(14)21-2)15(18)16-6-4-5-7-16/h9-10H,3-8H2,1-2H3. The number of nitro groups is 1. The van der Waals surface area contributed by atoms with Crippen LogP contribution in [0.15, 0.2) is 12.1 Å². The molecule has 22 heavy (non-hydrogen) atoms. The van der Waals surface area contributed by atoms with Crippen LogP contribution in [0.25, 0.3) is 0 Å². The van der Waals surface area contributed by atoms with Crippen molar-refractivity contribution >= 4 is 11.6 Å². The number of rotatable bonds is 6. The van der Waals surface area contributed by atoms with Crippen LogP contribution in [-0.4, -0.2) is 42.5 Å². The Balaban J connectivity index is 2.42. The van der Waals surface area contributed by atoms with Crippen LogP contribution in [0.3, 0.4) is 0 Å². The summed E-state index contributed by atoms with van der Waals surface area (Å²) < 4.78 is 10.7. The molecule has 1 aliphatic rings. The van der Waals surface area contributed by atoms with Crippen LogP contribution in [0.2, 0.25) is 0 Å². The van der Waals surface area contributed by atoms with Crippen LogP contribution in [0.4, 0.5) is 5.69 Å². The number of nitrogens with zero attached hydrogens (tertiary/aromatic N) is 2. The largest absolute Gasteiger partial charge is 0.493 e. The van der Waals surface area contributed by atoms with E-state index in [1.54, 1.807) is 4.90 Å². The second-order valence-corrected chi connectivity index (χ2v) is 5.13. The van der Waals surface area contributed by atoms with Crippen LogP contribution in [0.5, 0.6) is 11.5 Å². The van der Waals surface area contributed by atoms with Gasteiger partial charge < -0.3 is 14.4 Å². The molecule has 1 aromatic rings. The Labute approximate surface area is 129 Å². The van der Waals surface area contributed by atoms with Crippen LogP contribution >= 0.6 is 0 Å². The molecule has 1 aromatic carbocycles. The zero-order valence-electron chi connectivity index (χ0n) is 12.8. The predicted octanol–water partition coefficient (Wildman–Crippen LogP) is 2.63. The third-order valence-corrected chi connectivity index (χ3v) is 3.56. The van der Waals surface area contributed by atoms with Gasteiger partial charge in [-0.05, 0) is 19.3 Å². The maximum Gasteiger partial charge on any atom is 0.286 e. The number of methoxy groups -OCH3 is 1. The van der Waals surface area contributed by atoms with Gasteiger partial charge >= 0.3 is 0 Å². The summed E-state index contributed by atoms with van der Waals surface area (Å²) in [6.45, 7) is 3.62. The molecule has 1 fully saturated rings. The van der Waals surface area contributed by atoms with Gasteiger partial charge in [-0.3, -0.25) is 14.9 Å². The van der Waals surface area contributed by atoms with E-state index in [0.717, 1.165) is 19.3 Å². The van der Waals surface area contributed by atoms with E-state index in [-0.39, 0.29) is 22.9 Å². The average Bonchev–Trinajstić information content (AvgIpc) is 3.05. The minimum absolute atomic E-state index is 0.0487. The number of likely N-dealkylation sites (tertiary alicyclic amines) is 1. The van der Waals surface area contributed by atoms with E-state index < -0.39 is 4.92 Å². The smallest absolute Gasteiger partial charge is 0.286 e. The van der Waals surface area contributed by atoms with Crippen molar-refractivity contribution in [3.05, 3.63) is 27.8 Å². The molecule has 0 radical (unpaired) electrons. The van der Waals surface area contributed by atoms with Gasteiger partial charge in [-0.15, -0.1) is 0 Å². The van der Waals surface area contributed by atoms with Gasteiger partial charge in [0.1, 0.15) is 5.56 Å². The number of carbonyl (C=O) groups is 1. The van der Waals surface area contributed by atoms with Gasteiger partial charge in [0, 0.05) is 19.2 Å². The molecule has 1 saturated heterocycles. The molecule has 0 atom stereocenters. The Morgan fingerprint density at radius 1 is 1.32 bits per heavy atom. The topological polar surface area (TPSA) is 81.9 Å². The van der Waals surface area contributed by atoms with Crippen molar-refractivity contribution in [2.75, 3.05) is 26.8 Å². The minimum Gasteiger partial charge on any atom is -0.493 e. The molecule has 1 aliphatic heterocycles. The Morgan fingerprint density at radius 2 is 2.00 bits per heavy atom. The summed E-state index contributed by atoms with van der Waals surface area (Å²) in [7, 11) is 1.45. The monoisotopic (exact) mass is 308 g/mol. The van der Waals surface area contributed by atoms with E-state index >= 15 is 0 Å². The van der Waals surface area contributed by atoms with Crippen LogP contribution in [-0.2, 0) is 0 Å². The molecule has 0 bridgehead atoms. The molecule has 7 heteroatoms. The number of nitro benzene ring substituents is 1. The lowest BCUT2D eigenvalue weighted by Gasteiger charge is -2.17. The molecule has 120 valence electrons. The van der Waals surface area contributed by atoms with E-state index in [0.29, 0.717) is 25.4 Å². The third-order valence-electron chi connectivity index (χ3n) is 3.56. The fourth-order valence-electron chi connectivity index (χ4n) is 2.45. The third kappa shape index (κ3) is 3.29. The Bertz CT molecular complexity index is 567. The van der Waals surface area contributed by atoms with E-state index in [1.807, 2.05) is 6.92 Å². The fraction of sp³-hybridized carbons (Fsp3) is 0.533. The first-order valence-electron chi connectivity index (χ1n) is 7.37. The van der Waals surface area contributed by atoms with Crippen molar-refractivity contribution in [3.8, 4) is 11.5 Å². The molecule has 0 aliphatic carbocycles. The quantitative estimate of drug-likeness (QED) is 0.596.